The number of carbonyl (C=O) groups excluding carboxylic acids is 1. The number of hydrogen-bond donors (Lipinski definition) is 0. The topological polar surface area (TPSA) is 29.5 Å². The average molecular weight is 417 g/mol. The third kappa shape index (κ3) is 4.94. The summed E-state index contributed by atoms with van der Waals surface area (Å²) in [6, 6.07) is 15.9. The van der Waals surface area contributed by atoms with Crippen LogP contribution < -0.4 is 4.90 Å². The summed E-state index contributed by atoms with van der Waals surface area (Å²) in [5.74, 6) is 0. The van der Waals surface area contributed by atoms with Gasteiger partial charge in [0.15, 0.2) is 0 Å². The maximum atomic E-state index is 12.7. The van der Waals surface area contributed by atoms with Crippen LogP contribution in [0.2, 0.25) is 0 Å². The number of anilines is 1. The summed E-state index contributed by atoms with van der Waals surface area (Å²) < 4.78 is 31.5. The van der Waals surface area contributed by atoms with Crippen molar-refractivity contribution in [1.82, 2.24) is 0 Å². The van der Waals surface area contributed by atoms with Crippen LogP contribution in [0, 0.1) is 3.57 Å². The summed E-state index contributed by atoms with van der Waals surface area (Å²) in [5.41, 5.74) is 1.20. The zero-order valence-corrected chi connectivity index (χ0v) is 13.7. The highest BCUT2D eigenvalue weighted by Crippen LogP contribution is 2.20. The molecule has 0 atom stereocenters. The molecule has 0 aliphatic carbocycles. The molecule has 2 aromatic rings. The van der Waals surface area contributed by atoms with Crippen LogP contribution in [0.3, 0.4) is 0 Å². The number of hydrogen-bond acceptors (Lipinski definition) is 2. The first-order valence-corrected chi connectivity index (χ1v) is 7.66. The van der Waals surface area contributed by atoms with E-state index in [-0.39, 0.29) is 6.61 Å². The molecule has 116 valence electrons. The fraction of sp³-hybridized carbons (Fsp3) is 0.188. The van der Waals surface area contributed by atoms with E-state index < -0.39 is 19.1 Å². The molecular formula is C16H14F2INO2. The van der Waals surface area contributed by atoms with Crippen molar-refractivity contribution in [2.45, 2.75) is 13.0 Å². The van der Waals surface area contributed by atoms with E-state index in [1.807, 2.05) is 24.3 Å². The highest BCUT2D eigenvalue weighted by Gasteiger charge is 2.21. The second-order valence-corrected chi connectivity index (χ2v) is 5.77. The number of carbonyl (C=O) groups is 1. The summed E-state index contributed by atoms with van der Waals surface area (Å²) in [6.45, 7) is -0.656. The second kappa shape index (κ2) is 8.07. The Kier molecular flexibility index (Phi) is 6.11. The van der Waals surface area contributed by atoms with E-state index in [1.54, 1.807) is 30.3 Å². The Labute approximate surface area is 141 Å². The molecule has 0 bridgehead atoms. The molecule has 0 unspecified atom stereocenters. The summed E-state index contributed by atoms with van der Waals surface area (Å²) in [7, 11) is 0. The second-order valence-electron chi connectivity index (χ2n) is 4.52. The minimum Gasteiger partial charge on any atom is -0.444 e. The van der Waals surface area contributed by atoms with E-state index in [0.29, 0.717) is 5.69 Å². The molecule has 22 heavy (non-hydrogen) atoms. The van der Waals surface area contributed by atoms with E-state index in [1.165, 1.54) is 0 Å². The predicted octanol–water partition coefficient (Wildman–Crippen LogP) is 4.70. The summed E-state index contributed by atoms with van der Waals surface area (Å²) in [6.07, 6.45) is -3.42. The van der Waals surface area contributed by atoms with Gasteiger partial charge in [-0.15, -0.1) is 0 Å². The number of benzene rings is 2. The number of nitrogens with zero attached hydrogens (tertiary/aromatic N) is 1. The zero-order valence-electron chi connectivity index (χ0n) is 11.6. The minimum atomic E-state index is -2.64. The molecule has 2 aromatic carbocycles. The first-order chi connectivity index (χ1) is 10.6. The summed E-state index contributed by atoms with van der Waals surface area (Å²) >= 11 is 2.06. The molecule has 1 amide bonds. The lowest BCUT2D eigenvalue weighted by atomic mass is 10.2. The van der Waals surface area contributed by atoms with E-state index in [0.717, 1.165) is 14.0 Å². The van der Waals surface area contributed by atoms with Gasteiger partial charge in [0.25, 0.3) is 6.43 Å². The smallest absolute Gasteiger partial charge is 0.414 e. The van der Waals surface area contributed by atoms with Crippen LogP contribution in [-0.4, -0.2) is 19.1 Å². The van der Waals surface area contributed by atoms with Gasteiger partial charge in [0.05, 0.1) is 6.54 Å². The van der Waals surface area contributed by atoms with Crippen LogP contribution in [0.15, 0.2) is 54.6 Å². The van der Waals surface area contributed by atoms with Crippen LogP contribution >= 0.6 is 22.6 Å². The highest BCUT2D eigenvalue weighted by atomic mass is 127. The molecule has 0 aliphatic heterocycles. The fourth-order valence-electron chi connectivity index (χ4n) is 1.86. The lowest BCUT2D eigenvalue weighted by molar-refractivity contribution is 0.128. The lowest BCUT2D eigenvalue weighted by Gasteiger charge is -2.22. The van der Waals surface area contributed by atoms with Gasteiger partial charge in [-0.3, -0.25) is 4.90 Å². The average Bonchev–Trinajstić information content (AvgIpc) is 2.51. The number of halogens is 3. The molecule has 0 radical (unpaired) electrons. The van der Waals surface area contributed by atoms with Gasteiger partial charge < -0.3 is 4.74 Å². The summed E-state index contributed by atoms with van der Waals surface area (Å²) in [5, 5.41) is 0. The Bertz CT molecular complexity index is 623. The van der Waals surface area contributed by atoms with Gasteiger partial charge >= 0.3 is 6.09 Å². The van der Waals surface area contributed by atoms with Crippen LogP contribution in [0.1, 0.15) is 5.56 Å². The van der Waals surface area contributed by atoms with Crippen molar-refractivity contribution >= 4 is 34.4 Å². The first kappa shape index (κ1) is 16.7. The Morgan fingerprint density at radius 1 is 1.14 bits per heavy atom. The normalized spacial score (nSPS) is 10.5. The molecule has 6 heteroatoms. The van der Waals surface area contributed by atoms with Crippen LogP contribution in [-0.2, 0) is 11.3 Å². The van der Waals surface area contributed by atoms with E-state index in [9.17, 15) is 13.6 Å². The Morgan fingerprint density at radius 3 is 2.50 bits per heavy atom. The van der Waals surface area contributed by atoms with Gasteiger partial charge in [0.1, 0.15) is 6.61 Å². The van der Waals surface area contributed by atoms with Gasteiger partial charge in [-0.2, -0.15) is 0 Å². The third-order valence-corrected chi connectivity index (χ3v) is 3.54. The zero-order chi connectivity index (χ0) is 15.9. The van der Waals surface area contributed by atoms with E-state index in [2.05, 4.69) is 22.6 Å². The molecule has 0 saturated heterocycles. The predicted molar refractivity (Wildman–Crippen MR) is 89.1 cm³/mol. The molecule has 0 fully saturated rings. The third-order valence-electron chi connectivity index (χ3n) is 2.87. The van der Waals surface area contributed by atoms with Crippen molar-refractivity contribution in [3.05, 3.63) is 63.7 Å². The quantitative estimate of drug-likeness (QED) is 0.661. The molecular weight excluding hydrogens is 403 g/mol. The molecule has 3 nitrogen and oxygen atoms in total. The van der Waals surface area contributed by atoms with Gasteiger partial charge in [0.2, 0.25) is 0 Å². The molecule has 0 heterocycles. The van der Waals surface area contributed by atoms with Crippen molar-refractivity contribution in [1.29, 1.82) is 0 Å². The van der Waals surface area contributed by atoms with Gasteiger partial charge in [-0.1, -0.05) is 36.4 Å². The largest absolute Gasteiger partial charge is 0.444 e. The number of ether oxygens (including phenoxy) is 1. The van der Waals surface area contributed by atoms with Crippen molar-refractivity contribution in [2.24, 2.45) is 0 Å². The van der Waals surface area contributed by atoms with Crippen LogP contribution in [0.4, 0.5) is 19.3 Å². The number of rotatable bonds is 5. The maximum Gasteiger partial charge on any atom is 0.414 e. The standard InChI is InChI=1S/C16H14F2INO2/c17-15(18)10-20(14-8-4-7-13(19)9-14)16(21)22-11-12-5-2-1-3-6-12/h1-9,15H,10-11H2. The highest BCUT2D eigenvalue weighted by molar-refractivity contribution is 14.1. The molecule has 0 spiro atoms. The molecule has 2 rings (SSSR count). The Morgan fingerprint density at radius 2 is 1.86 bits per heavy atom. The van der Waals surface area contributed by atoms with Crippen molar-refractivity contribution < 1.29 is 18.3 Å². The first-order valence-electron chi connectivity index (χ1n) is 6.58. The van der Waals surface area contributed by atoms with Gasteiger partial charge in [-0.05, 0) is 46.4 Å². The molecule has 0 aliphatic rings. The maximum absolute atomic E-state index is 12.7. The van der Waals surface area contributed by atoms with Gasteiger partial charge in [0, 0.05) is 9.26 Å². The van der Waals surface area contributed by atoms with E-state index >= 15 is 0 Å². The lowest BCUT2D eigenvalue weighted by Crippen LogP contribution is -2.35. The van der Waals surface area contributed by atoms with Gasteiger partial charge in [-0.25, -0.2) is 13.6 Å². The Balaban J connectivity index is 2.09. The van der Waals surface area contributed by atoms with Crippen molar-refractivity contribution in [3.63, 3.8) is 0 Å². The molecule has 0 saturated carbocycles. The van der Waals surface area contributed by atoms with Crippen molar-refractivity contribution in [3.8, 4) is 0 Å². The minimum absolute atomic E-state index is 0.0450. The Hall–Kier alpha value is -1.70. The molecule has 0 N–H and O–H groups in total. The van der Waals surface area contributed by atoms with Crippen molar-refractivity contribution in [2.75, 3.05) is 11.4 Å². The fourth-order valence-corrected chi connectivity index (χ4v) is 2.39. The number of amides is 1. The monoisotopic (exact) mass is 417 g/mol. The van der Waals surface area contributed by atoms with Crippen LogP contribution in [0.25, 0.3) is 0 Å². The molecule has 0 aromatic heterocycles. The SMILES string of the molecule is O=C(OCc1ccccc1)N(CC(F)F)c1cccc(I)c1. The van der Waals surface area contributed by atoms with E-state index in [4.69, 9.17) is 4.74 Å². The van der Waals surface area contributed by atoms with Crippen LogP contribution in [0.5, 0.6) is 0 Å². The number of alkyl halides is 2. The summed E-state index contributed by atoms with van der Waals surface area (Å²) in [4.78, 5) is 13.1.